The molecule has 0 radical (unpaired) electrons. The Morgan fingerprint density at radius 3 is 2.47 bits per heavy atom. The van der Waals surface area contributed by atoms with Gasteiger partial charge in [-0.15, -0.1) is 0 Å². The van der Waals surface area contributed by atoms with Crippen molar-refractivity contribution < 1.29 is 14.9 Å². The van der Waals surface area contributed by atoms with Crippen molar-refractivity contribution in [3.63, 3.8) is 0 Å². The Balaban J connectivity index is 3.07. The summed E-state index contributed by atoms with van der Waals surface area (Å²) in [5.74, 6) is 0.320. The van der Waals surface area contributed by atoms with Gasteiger partial charge in [0.2, 0.25) is 0 Å². The SMILES string of the molecule is CCc1cc(CCO)cc(COC)c1O. The van der Waals surface area contributed by atoms with Crippen LogP contribution in [0.4, 0.5) is 0 Å². The average Bonchev–Trinajstić information content (AvgIpc) is 2.23. The average molecular weight is 210 g/mol. The standard InChI is InChI=1S/C12H18O3/c1-3-10-6-9(4-5-13)7-11(8-15-2)12(10)14/h6-7,13-14H,3-5,8H2,1-2H3. The fraction of sp³-hybridized carbons (Fsp3) is 0.500. The van der Waals surface area contributed by atoms with E-state index in [1.165, 1.54) is 0 Å². The first-order valence-electron chi connectivity index (χ1n) is 5.16. The molecule has 0 bridgehead atoms. The maximum absolute atomic E-state index is 9.87. The summed E-state index contributed by atoms with van der Waals surface area (Å²) < 4.78 is 5.02. The summed E-state index contributed by atoms with van der Waals surface area (Å²) >= 11 is 0. The Morgan fingerprint density at radius 2 is 1.93 bits per heavy atom. The summed E-state index contributed by atoms with van der Waals surface area (Å²) in [5, 5.41) is 18.7. The van der Waals surface area contributed by atoms with Crippen molar-refractivity contribution >= 4 is 0 Å². The molecule has 0 amide bonds. The quantitative estimate of drug-likeness (QED) is 0.776. The van der Waals surface area contributed by atoms with Crippen LogP contribution in [0.5, 0.6) is 5.75 Å². The molecule has 3 nitrogen and oxygen atoms in total. The van der Waals surface area contributed by atoms with E-state index < -0.39 is 0 Å². The maximum Gasteiger partial charge on any atom is 0.124 e. The van der Waals surface area contributed by atoms with E-state index in [4.69, 9.17) is 9.84 Å². The van der Waals surface area contributed by atoms with Crippen molar-refractivity contribution in [3.8, 4) is 5.75 Å². The van der Waals surface area contributed by atoms with Crippen molar-refractivity contribution in [1.82, 2.24) is 0 Å². The van der Waals surface area contributed by atoms with Crippen LogP contribution in [0.3, 0.4) is 0 Å². The molecule has 84 valence electrons. The maximum atomic E-state index is 9.87. The Bertz CT molecular complexity index is 321. The van der Waals surface area contributed by atoms with Crippen LogP contribution in [-0.4, -0.2) is 23.9 Å². The number of hydrogen-bond acceptors (Lipinski definition) is 3. The predicted octanol–water partition coefficient (Wildman–Crippen LogP) is 1.64. The van der Waals surface area contributed by atoms with E-state index in [9.17, 15) is 5.11 Å². The third-order valence-corrected chi connectivity index (χ3v) is 2.41. The first kappa shape index (κ1) is 12.0. The molecule has 15 heavy (non-hydrogen) atoms. The van der Waals surface area contributed by atoms with Crippen molar-refractivity contribution in [2.24, 2.45) is 0 Å². The molecule has 0 unspecified atom stereocenters. The molecule has 0 aromatic heterocycles. The van der Waals surface area contributed by atoms with E-state index in [2.05, 4.69) is 0 Å². The molecule has 0 spiro atoms. The van der Waals surface area contributed by atoms with E-state index >= 15 is 0 Å². The van der Waals surface area contributed by atoms with Gasteiger partial charge in [-0.2, -0.15) is 0 Å². The highest BCUT2D eigenvalue weighted by Crippen LogP contribution is 2.26. The van der Waals surface area contributed by atoms with Gasteiger partial charge in [0.15, 0.2) is 0 Å². The van der Waals surface area contributed by atoms with Gasteiger partial charge in [0.05, 0.1) is 6.61 Å². The van der Waals surface area contributed by atoms with E-state index in [1.54, 1.807) is 7.11 Å². The minimum atomic E-state index is 0.125. The summed E-state index contributed by atoms with van der Waals surface area (Å²) in [7, 11) is 1.60. The van der Waals surface area contributed by atoms with Gasteiger partial charge in [0.1, 0.15) is 5.75 Å². The Kier molecular flexibility index (Phi) is 4.59. The van der Waals surface area contributed by atoms with Gasteiger partial charge in [-0.1, -0.05) is 13.0 Å². The summed E-state index contributed by atoms with van der Waals surface area (Å²) in [6, 6.07) is 3.82. The molecule has 0 saturated heterocycles. The van der Waals surface area contributed by atoms with Gasteiger partial charge < -0.3 is 14.9 Å². The zero-order chi connectivity index (χ0) is 11.3. The molecular weight excluding hydrogens is 192 g/mol. The fourth-order valence-corrected chi connectivity index (χ4v) is 1.64. The molecule has 0 fully saturated rings. The number of ether oxygens (including phenoxy) is 1. The molecule has 3 heteroatoms. The molecular formula is C12H18O3. The number of hydrogen-bond donors (Lipinski definition) is 2. The third kappa shape index (κ3) is 2.94. The number of phenolic OH excluding ortho intramolecular Hbond substituents is 1. The summed E-state index contributed by atoms with van der Waals surface area (Å²) in [5.41, 5.74) is 2.74. The van der Waals surface area contributed by atoms with Crippen LogP contribution in [0.25, 0.3) is 0 Å². The van der Waals surface area contributed by atoms with Gasteiger partial charge in [-0.05, 0) is 30.0 Å². The fourth-order valence-electron chi connectivity index (χ4n) is 1.64. The molecule has 0 aliphatic heterocycles. The van der Waals surface area contributed by atoms with E-state index in [-0.39, 0.29) is 6.61 Å². The molecule has 1 rings (SSSR count). The van der Waals surface area contributed by atoms with E-state index in [1.807, 2.05) is 19.1 Å². The third-order valence-electron chi connectivity index (χ3n) is 2.41. The molecule has 1 aromatic carbocycles. The lowest BCUT2D eigenvalue weighted by Crippen LogP contribution is -1.98. The number of phenols is 1. The highest BCUT2D eigenvalue weighted by atomic mass is 16.5. The second-order valence-electron chi connectivity index (χ2n) is 3.52. The number of rotatable bonds is 5. The van der Waals surface area contributed by atoms with Crippen LogP contribution < -0.4 is 0 Å². The topological polar surface area (TPSA) is 49.7 Å². The summed E-state index contributed by atoms with van der Waals surface area (Å²) in [4.78, 5) is 0. The van der Waals surface area contributed by atoms with Crippen molar-refractivity contribution in [2.45, 2.75) is 26.4 Å². The number of aliphatic hydroxyl groups excluding tert-OH is 1. The molecule has 0 aliphatic rings. The molecule has 0 heterocycles. The first-order chi connectivity index (χ1) is 7.22. The first-order valence-corrected chi connectivity index (χ1v) is 5.16. The highest BCUT2D eigenvalue weighted by molar-refractivity contribution is 5.43. The van der Waals surface area contributed by atoms with Gasteiger partial charge in [-0.25, -0.2) is 0 Å². The second kappa shape index (κ2) is 5.73. The van der Waals surface area contributed by atoms with Crippen LogP contribution in [0.2, 0.25) is 0 Å². The zero-order valence-electron chi connectivity index (χ0n) is 9.29. The summed E-state index contributed by atoms with van der Waals surface area (Å²) in [6.45, 7) is 2.52. The Morgan fingerprint density at radius 1 is 1.27 bits per heavy atom. The summed E-state index contributed by atoms with van der Waals surface area (Å²) in [6.07, 6.45) is 1.39. The number of aromatic hydroxyl groups is 1. The monoisotopic (exact) mass is 210 g/mol. The van der Waals surface area contributed by atoms with Gasteiger partial charge in [0.25, 0.3) is 0 Å². The molecule has 2 N–H and O–H groups in total. The predicted molar refractivity (Wildman–Crippen MR) is 59.0 cm³/mol. The van der Waals surface area contributed by atoms with E-state index in [0.29, 0.717) is 18.8 Å². The largest absolute Gasteiger partial charge is 0.507 e. The van der Waals surface area contributed by atoms with Gasteiger partial charge >= 0.3 is 0 Å². The number of aryl methyl sites for hydroxylation is 1. The van der Waals surface area contributed by atoms with Crippen LogP contribution in [0, 0.1) is 0 Å². The molecule has 1 aromatic rings. The highest BCUT2D eigenvalue weighted by Gasteiger charge is 2.08. The van der Waals surface area contributed by atoms with Crippen LogP contribution in [0.1, 0.15) is 23.6 Å². The lowest BCUT2D eigenvalue weighted by Gasteiger charge is -2.11. The van der Waals surface area contributed by atoms with Crippen molar-refractivity contribution in [1.29, 1.82) is 0 Å². The zero-order valence-corrected chi connectivity index (χ0v) is 9.29. The smallest absolute Gasteiger partial charge is 0.124 e. The second-order valence-corrected chi connectivity index (χ2v) is 3.52. The molecule has 0 atom stereocenters. The van der Waals surface area contributed by atoms with Crippen LogP contribution in [0.15, 0.2) is 12.1 Å². The number of aliphatic hydroxyl groups is 1. The lowest BCUT2D eigenvalue weighted by molar-refractivity contribution is 0.181. The van der Waals surface area contributed by atoms with Crippen LogP contribution >= 0.6 is 0 Å². The van der Waals surface area contributed by atoms with Gasteiger partial charge in [0, 0.05) is 19.3 Å². The lowest BCUT2D eigenvalue weighted by atomic mass is 10.0. The number of methoxy groups -OCH3 is 1. The van der Waals surface area contributed by atoms with Crippen molar-refractivity contribution in [3.05, 3.63) is 28.8 Å². The molecule has 0 aliphatic carbocycles. The minimum absolute atomic E-state index is 0.125. The van der Waals surface area contributed by atoms with Gasteiger partial charge in [-0.3, -0.25) is 0 Å². The van der Waals surface area contributed by atoms with Crippen molar-refractivity contribution in [2.75, 3.05) is 13.7 Å². The van der Waals surface area contributed by atoms with E-state index in [0.717, 1.165) is 23.1 Å². The Labute approximate surface area is 90.3 Å². The number of benzene rings is 1. The normalized spacial score (nSPS) is 10.6. The molecule has 0 saturated carbocycles. The Hall–Kier alpha value is -1.06. The van der Waals surface area contributed by atoms with Crippen LogP contribution in [-0.2, 0) is 24.2 Å². The minimum Gasteiger partial charge on any atom is -0.507 e.